The van der Waals surface area contributed by atoms with E-state index < -0.39 is 5.91 Å². The van der Waals surface area contributed by atoms with Crippen molar-refractivity contribution >= 4 is 28.8 Å². The van der Waals surface area contributed by atoms with Crippen LogP contribution in [0.1, 0.15) is 27.0 Å². The first-order valence-corrected chi connectivity index (χ1v) is 9.09. The Kier molecular flexibility index (Phi) is 4.75. The van der Waals surface area contributed by atoms with Crippen molar-refractivity contribution < 1.29 is 14.7 Å². The van der Waals surface area contributed by atoms with Crippen LogP contribution in [0.4, 0.5) is 11.4 Å². The molecule has 1 aliphatic heterocycles. The molecule has 6 nitrogen and oxygen atoms in total. The highest BCUT2D eigenvalue weighted by Crippen LogP contribution is 2.33. The lowest BCUT2D eigenvalue weighted by molar-refractivity contribution is -0.110. The summed E-state index contributed by atoms with van der Waals surface area (Å²) in [5.74, 6) is -0.510. The first-order valence-electron chi connectivity index (χ1n) is 9.09. The molecular formula is C23H19N3O3. The smallest absolute Gasteiger partial charge is 0.257 e. The molecule has 29 heavy (non-hydrogen) atoms. The lowest BCUT2D eigenvalue weighted by Crippen LogP contribution is -2.11. The Labute approximate surface area is 167 Å². The number of carbonyl (C=O) groups is 2. The van der Waals surface area contributed by atoms with Gasteiger partial charge in [0, 0.05) is 34.8 Å². The van der Waals surface area contributed by atoms with E-state index in [1.54, 1.807) is 48.7 Å². The van der Waals surface area contributed by atoms with Crippen LogP contribution in [0.3, 0.4) is 0 Å². The number of nitrogens with two attached hydrogens (primary N) is 1. The molecule has 0 unspecified atom stereocenters. The summed E-state index contributed by atoms with van der Waals surface area (Å²) >= 11 is 0. The number of carbonyl (C=O) groups excluding carboxylic acids is 2. The quantitative estimate of drug-likeness (QED) is 0.505. The Hall–Kier alpha value is -4.06. The normalized spacial score (nSPS) is 13.8. The molecule has 0 spiro atoms. The first kappa shape index (κ1) is 18.3. The van der Waals surface area contributed by atoms with Gasteiger partial charge in [-0.3, -0.25) is 9.59 Å². The minimum absolute atomic E-state index is 0.144. The SMILES string of the molecule is NC(=O)c1cccc(Cc2ccc3c(c2)C(=CNc2cccc(O)c2)C(=O)N3)c1. The topological polar surface area (TPSA) is 104 Å². The number of hydrogen-bond acceptors (Lipinski definition) is 4. The standard InChI is InChI=1S/C23H19N3O3/c24-22(28)16-4-1-3-14(10-16)9-15-7-8-21-19(11-15)20(23(29)26-21)13-25-17-5-2-6-18(27)12-17/h1-8,10-13,25,27H,9H2,(H2,24,28)(H,26,29). The first-order chi connectivity index (χ1) is 14.0. The van der Waals surface area contributed by atoms with Crippen LogP contribution >= 0.6 is 0 Å². The van der Waals surface area contributed by atoms with Crippen molar-refractivity contribution in [1.82, 2.24) is 0 Å². The van der Waals surface area contributed by atoms with Crippen LogP contribution in [0.15, 0.2) is 72.9 Å². The number of nitrogens with one attached hydrogen (secondary N) is 2. The maximum atomic E-state index is 12.4. The van der Waals surface area contributed by atoms with Crippen LogP contribution in [0.25, 0.3) is 5.57 Å². The van der Waals surface area contributed by atoms with Gasteiger partial charge in [-0.2, -0.15) is 0 Å². The number of phenols is 1. The van der Waals surface area contributed by atoms with Gasteiger partial charge < -0.3 is 21.5 Å². The molecular weight excluding hydrogens is 366 g/mol. The van der Waals surface area contributed by atoms with E-state index in [-0.39, 0.29) is 11.7 Å². The predicted octanol–water partition coefficient (Wildman–Crippen LogP) is 3.49. The van der Waals surface area contributed by atoms with Crippen LogP contribution in [-0.4, -0.2) is 16.9 Å². The fourth-order valence-corrected chi connectivity index (χ4v) is 3.31. The molecule has 0 atom stereocenters. The fourth-order valence-electron chi connectivity index (χ4n) is 3.31. The van der Waals surface area contributed by atoms with Crippen molar-refractivity contribution in [3.05, 3.63) is 95.2 Å². The number of hydrogen-bond donors (Lipinski definition) is 4. The summed E-state index contributed by atoms with van der Waals surface area (Å²) in [5, 5.41) is 15.5. The summed E-state index contributed by atoms with van der Waals surface area (Å²) in [6.45, 7) is 0. The third-order valence-corrected chi connectivity index (χ3v) is 4.72. The number of amides is 2. The molecule has 5 N–H and O–H groups in total. The number of phenolic OH excluding ortho intramolecular Hbond substituents is 1. The molecule has 0 fully saturated rings. The maximum Gasteiger partial charge on any atom is 0.257 e. The third kappa shape index (κ3) is 3.96. The number of rotatable bonds is 5. The van der Waals surface area contributed by atoms with Gasteiger partial charge in [-0.15, -0.1) is 0 Å². The zero-order valence-electron chi connectivity index (χ0n) is 15.5. The van der Waals surface area contributed by atoms with Crippen LogP contribution in [0, 0.1) is 0 Å². The third-order valence-electron chi connectivity index (χ3n) is 4.72. The van der Waals surface area contributed by atoms with E-state index in [0.717, 1.165) is 22.4 Å². The van der Waals surface area contributed by atoms with Gasteiger partial charge in [0.1, 0.15) is 5.75 Å². The summed E-state index contributed by atoms with van der Waals surface area (Å²) in [4.78, 5) is 23.8. The predicted molar refractivity (Wildman–Crippen MR) is 113 cm³/mol. The van der Waals surface area contributed by atoms with Crippen LogP contribution in [0.2, 0.25) is 0 Å². The Morgan fingerprint density at radius 1 is 1.03 bits per heavy atom. The number of benzene rings is 3. The van der Waals surface area contributed by atoms with E-state index in [0.29, 0.717) is 23.2 Å². The van der Waals surface area contributed by atoms with E-state index in [2.05, 4.69) is 10.6 Å². The molecule has 0 radical (unpaired) electrons. The second-order valence-electron chi connectivity index (χ2n) is 6.83. The molecule has 3 aromatic carbocycles. The van der Waals surface area contributed by atoms with Gasteiger partial charge in [-0.05, 0) is 53.9 Å². The molecule has 0 aromatic heterocycles. The molecule has 4 rings (SSSR count). The monoisotopic (exact) mass is 385 g/mol. The van der Waals surface area contributed by atoms with Gasteiger partial charge >= 0.3 is 0 Å². The summed E-state index contributed by atoms with van der Waals surface area (Å²) in [6, 6.07) is 19.6. The van der Waals surface area contributed by atoms with Crippen LogP contribution in [0.5, 0.6) is 5.75 Å². The molecule has 2 amide bonds. The minimum Gasteiger partial charge on any atom is -0.508 e. The minimum atomic E-state index is -0.459. The zero-order valence-corrected chi connectivity index (χ0v) is 15.5. The van der Waals surface area contributed by atoms with Gasteiger partial charge in [0.25, 0.3) is 5.91 Å². The fraction of sp³-hybridized carbons (Fsp3) is 0.0435. The second-order valence-corrected chi connectivity index (χ2v) is 6.83. The molecule has 1 aliphatic rings. The second kappa shape index (κ2) is 7.52. The molecule has 6 heteroatoms. The molecule has 0 saturated carbocycles. The van der Waals surface area contributed by atoms with Crippen molar-refractivity contribution in [2.45, 2.75) is 6.42 Å². The summed E-state index contributed by atoms with van der Waals surface area (Å²) in [7, 11) is 0. The van der Waals surface area contributed by atoms with Crippen LogP contribution in [-0.2, 0) is 11.2 Å². The van der Waals surface area contributed by atoms with Gasteiger partial charge in [-0.25, -0.2) is 0 Å². The summed E-state index contributed by atoms with van der Waals surface area (Å²) in [5.41, 5.74) is 10.5. The van der Waals surface area contributed by atoms with Gasteiger partial charge in [-0.1, -0.05) is 24.3 Å². The number of primary amides is 1. The molecule has 1 heterocycles. The highest BCUT2D eigenvalue weighted by molar-refractivity contribution is 6.31. The van der Waals surface area contributed by atoms with E-state index in [1.165, 1.54) is 0 Å². The van der Waals surface area contributed by atoms with E-state index in [9.17, 15) is 14.7 Å². The Bertz CT molecular complexity index is 1150. The Morgan fingerprint density at radius 2 is 1.83 bits per heavy atom. The lowest BCUT2D eigenvalue weighted by Gasteiger charge is -2.07. The van der Waals surface area contributed by atoms with Crippen LogP contribution < -0.4 is 16.4 Å². The van der Waals surface area contributed by atoms with Gasteiger partial charge in [0.15, 0.2) is 0 Å². The highest BCUT2D eigenvalue weighted by atomic mass is 16.3. The zero-order chi connectivity index (χ0) is 20.4. The van der Waals surface area contributed by atoms with Crippen molar-refractivity contribution in [3.63, 3.8) is 0 Å². The largest absolute Gasteiger partial charge is 0.508 e. The summed E-state index contributed by atoms with van der Waals surface area (Å²) in [6.07, 6.45) is 2.24. The Balaban J connectivity index is 1.60. The number of anilines is 2. The lowest BCUT2D eigenvalue weighted by atomic mass is 9.99. The van der Waals surface area contributed by atoms with Crippen molar-refractivity contribution in [2.24, 2.45) is 5.73 Å². The Morgan fingerprint density at radius 3 is 2.62 bits per heavy atom. The van der Waals surface area contributed by atoms with E-state index >= 15 is 0 Å². The maximum absolute atomic E-state index is 12.4. The van der Waals surface area contributed by atoms with Gasteiger partial charge in [0.2, 0.25) is 5.91 Å². The van der Waals surface area contributed by atoms with Crippen molar-refractivity contribution in [1.29, 1.82) is 0 Å². The van der Waals surface area contributed by atoms with Gasteiger partial charge in [0.05, 0.1) is 5.57 Å². The summed E-state index contributed by atoms with van der Waals surface area (Å²) < 4.78 is 0. The molecule has 144 valence electrons. The van der Waals surface area contributed by atoms with E-state index in [1.807, 2.05) is 24.3 Å². The molecule has 0 saturated heterocycles. The average Bonchev–Trinajstić information content (AvgIpc) is 3.01. The molecule has 3 aromatic rings. The number of aromatic hydroxyl groups is 1. The van der Waals surface area contributed by atoms with Crippen molar-refractivity contribution in [2.75, 3.05) is 10.6 Å². The number of fused-ring (bicyclic) bond motifs is 1. The van der Waals surface area contributed by atoms with Crippen molar-refractivity contribution in [3.8, 4) is 5.75 Å². The van der Waals surface area contributed by atoms with E-state index in [4.69, 9.17) is 5.73 Å². The highest BCUT2D eigenvalue weighted by Gasteiger charge is 2.24. The average molecular weight is 385 g/mol. The molecule has 0 aliphatic carbocycles. The molecule has 0 bridgehead atoms.